The normalized spacial score (nSPS) is 13.9. The van der Waals surface area contributed by atoms with E-state index in [-0.39, 0.29) is 11.3 Å². The first kappa shape index (κ1) is 19.2. The van der Waals surface area contributed by atoms with Crippen molar-refractivity contribution in [3.8, 4) is 11.1 Å². The molecule has 0 bridgehead atoms. The molecule has 4 nitrogen and oxygen atoms in total. The maximum absolute atomic E-state index is 14.3. The molecular formula is C30H21N3O. The molecule has 0 unspecified atom stereocenters. The second kappa shape index (κ2) is 6.61. The molecule has 7 rings (SSSR count). The maximum Gasteiger partial charge on any atom is 0.265 e. The van der Waals surface area contributed by atoms with Gasteiger partial charge in [-0.3, -0.25) is 19.3 Å². The topological polar surface area (TPSA) is 47.8 Å². The molecule has 0 aliphatic heterocycles. The number of hydrogen-bond acceptors (Lipinski definition) is 3. The summed E-state index contributed by atoms with van der Waals surface area (Å²) < 4.78 is 1.90. The molecule has 0 spiro atoms. The van der Waals surface area contributed by atoms with Gasteiger partial charge in [-0.15, -0.1) is 0 Å². The van der Waals surface area contributed by atoms with E-state index in [1.165, 1.54) is 22.3 Å². The Morgan fingerprint density at radius 3 is 2.47 bits per heavy atom. The minimum Gasteiger partial charge on any atom is -0.275 e. The van der Waals surface area contributed by atoms with Gasteiger partial charge in [0.05, 0.1) is 22.1 Å². The van der Waals surface area contributed by atoms with E-state index >= 15 is 0 Å². The number of rotatable bonds is 1. The van der Waals surface area contributed by atoms with E-state index in [9.17, 15) is 4.79 Å². The third kappa shape index (κ3) is 2.35. The predicted octanol–water partition coefficient (Wildman–Crippen LogP) is 6.73. The molecule has 4 aromatic carbocycles. The summed E-state index contributed by atoms with van der Waals surface area (Å²) in [5.41, 5.74) is 8.46. The van der Waals surface area contributed by atoms with Crippen LogP contribution in [0.15, 0.2) is 91.3 Å². The van der Waals surface area contributed by atoms with E-state index in [2.05, 4.69) is 66.3 Å². The Labute approximate surface area is 196 Å². The number of carbonyl (C=O) groups excluding carboxylic acids is 1. The Balaban J connectivity index is 1.64. The molecule has 0 fully saturated rings. The molecule has 0 atom stereocenters. The van der Waals surface area contributed by atoms with E-state index in [1.54, 1.807) is 12.4 Å². The first-order chi connectivity index (χ1) is 16.6. The summed E-state index contributed by atoms with van der Waals surface area (Å²) >= 11 is 0. The van der Waals surface area contributed by atoms with Crippen molar-refractivity contribution >= 4 is 38.7 Å². The molecule has 0 amide bonds. The second-order valence-electron chi connectivity index (χ2n) is 9.44. The molecule has 0 N–H and O–H groups in total. The minimum absolute atomic E-state index is 0.0857. The second-order valence-corrected chi connectivity index (χ2v) is 9.44. The van der Waals surface area contributed by atoms with E-state index < -0.39 is 0 Å². The van der Waals surface area contributed by atoms with Crippen molar-refractivity contribution in [2.45, 2.75) is 19.3 Å². The minimum atomic E-state index is -0.240. The van der Waals surface area contributed by atoms with Gasteiger partial charge in [0.25, 0.3) is 5.91 Å². The Morgan fingerprint density at radius 2 is 1.56 bits per heavy atom. The van der Waals surface area contributed by atoms with Gasteiger partial charge in [0.2, 0.25) is 0 Å². The van der Waals surface area contributed by atoms with Crippen LogP contribution in [0.2, 0.25) is 0 Å². The fourth-order valence-corrected chi connectivity index (χ4v) is 5.81. The summed E-state index contributed by atoms with van der Waals surface area (Å²) in [6, 6.07) is 26.7. The molecule has 2 heterocycles. The fourth-order valence-electron chi connectivity index (χ4n) is 5.81. The average molecular weight is 440 g/mol. The van der Waals surface area contributed by atoms with Crippen molar-refractivity contribution in [2.24, 2.45) is 0 Å². The lowest BCUT2D eigenvalue weighted by Crippen LogP contribution is -2.19. The van der Waals surface area contributed by atoms with Gasteiger partial charge in [0, 0.05) is 28.6 Å². The Bertz CT molecular complexity index is 1800. The molecule has 0 saturated heterocycles. The summed E-state index contributed by atoms with van der Waals surface area (Å²) in [5, 5.41) is 2.17. The maximum atomic E-state index is 14.3. The number of carbonyl (C=O) groups is 1. The molecule has 2 aromatic heterocycles. The third-order valence-corrected chi connectivity index (χ3v) is 7.28. The predicted molar refractivity (Wildman–Crippen MR) is 136 cm³/mol. The summed E-state index contributed by atoms with van der Waals surface area (Å²) in [5.74, 6) is -0.0857. The van der Waals surface area contributed by atoms with Gasteiger partial charge in [-0.25, -0.2) is 0 Å². The Kier molecular flexibility index (Phi) is 3.73. The van der Waals surface area contributed by atoms with Gasteiger partial charge < -0.3 is 0 Å². The number of para-hydroxylation sites is 2. The molecule has 0 saturated carbocycles. The number of hydrogen-bond donors (Lipinski definition) is 0. The van der Waals surface area contributed by atoms with Crippen LogP contribution in [0.3, 0.4) is 0 Å². The van der Waals surface area contributed by atoms with Gasteiger partial charge in [-0.1, -0.05) is 74.5 Å². The summed E-state index contributed by atoms with van der Waals surface area (Å²) in [6.07, 6.45) is 3.30. The molecule has 1 aliphatic carbocycles. The lowest BCUT2D eigenvalue weighted by Gasteiger charge is -2.23. The first-order valence-corrected chi connectivity index (χ1v) is 11.5. The average Bonchev–Trinajstić information content (AvgIpc) is 3.33. The lowest BCUT2D eigenvalue weighted by molar-refractivity contribution is 0.0970. The van der Waals surface area contributed by atoms with Crippen LogP contribution in [-0.2, 0) is 5.41 Å². The zero-order valence-corrected chi connectivity index (χ0v) is 18.9. The number of benzene rings is 4. The van der Waals surface area contributed by atoms with Gasteiger partial charge in [0.1, 0.15) is 5.52 Å². The molecule has 4 heteroatoms. The third-order valence-electron chi connectivity index (χ3n) is 7.28. The Morgan fingerprint density at radius 1 is 0.765 bits per heavy atom. The van der Waals surface area contributed by atoms with Gasteiger partial charge >= 0.3 is 0 Å². The smallest absolute Gasteiger partial charge is 0.265 e. The van der Waals surface area contributed by atoms with Gasteiger partial charge in [-0.05, 0) is 40.5 Å². The van der Waals surface area contributed by atoms with Crippen molar-refractivity contribution in [3.05, 3.63) is 108 Å². The van der Waals surface area contributed by atoms with Crippen molar-refractivity contribution in [1.29, 1.82) is 0 Å². The zero-order valence-electron chi connectivity index (χ0n) is 18.9. The monoisotopic (exact) mass is 439 g/mol. The van der Waals surface area contributed by atoms with E-state index in [1.807, 2.05) is 41.0 Å². The van der Waals surface area contributed by atoms with Crippen LogP contribution in [0.5, 0.6) is 0 Å². The highest BCUT2D eigenvalue weighted by Crippen LogP contribution is 2.52. The van der Waals surface area contributed by atoms with E-state index in [4.69, 9.17) is 0 Å². The first-order valence-electron chi connectivity index (χ1n) is 11.5. The number of nitrogens with zero attached hydrogens (tertiary/aromatic N) is 3. The van der Waals surface area contributed by atoms with Gasteiger partial charge in [0.15, 0.2) is 0 Å². The molecule has 162 valence electrons. The molecule has 6 aromatic rings. The van der Waals surface area contributed by atoms with Crippen LogP contribution in [0.25, 0.3) is 44.0 Å². The van der Waals surface area contributed by atoms with Crippen molar-refractivity contribution in [1.82, 2.24) is 14.5 Å². The van der Waals surface area contributed by atoms with Crippen molar-refractivity contribution in [2.75, 3.05) is 0 Å². The SMILES string of the molecule is CC1(C)c2ccccc2-c2ccc3c4ccccc4n(C(=O)c4cccc5nccnc45)c3c21. The fraction of sp³-hybridized carbons (Fsp3) is 0.100. The standard InChI is InChI=1S/C30H21N3O/c1-30(2)23-11-5-3-8-18(23)20-14-15-21-19-9-4-6-13-25(19)33(28(21)26(20)30)29(34)22-10-7-12-24-27(22)32-17-16-31-24/h3-17H,1-2H3. The highest BCUT2D eigenvalue weighted by atomic mass is 16.2. The van der Waals surface area contributed by atoms with Crippen LogP contribution in [0.1, 0.15) is 35.3 Å². The van der Waals surface area contributed by atoms with Crippen LogP contribution >= 0.6 is 0 Å². The zero-order chi connectivity index (χ0) is 23.0. The van der Waals surface area contributed by atoms with Gasteiger partial charge in [-0.2, -0.15) is 0 Å². The molecular weight excluding hydrogens is 418 g/mol. The number of aromatic nitrogens is 3. The lowest BCUT2D eigenvalue weighted by atomic mass is 9.81. The summed E-state index contributed by atoms with van der Waals surface area (Å²) in [6.45, 7) is 4.51. The van der Waals surface area contributed by atoms with Crippen molar-refractivity contribution in [3.63, 3.8) is 0 Å². The quantitative estimate of drug-likeness (QED) is 0.285. The highest BCUT2D eigenvalue weighted by Gasteiger charge is 2.38. The number of fused-ring (bicyclic) bond motifs is 8. The van der Waals surface area contributed by atoms with Crippen LogP contribution < -0.4 is 0 Å². The molecule has 1 aliphatic rings. The molecule has 34 heavy (non-hydrogen) atoms. The summed E-state index contributed by atoms with van der Waals surface area (Å²) in [7, 11) is 0. The van der Waals surface area contributed by atoms with Crippen LogP contribution in [0.4, 0.5) is 0 Å². The largest absolute Gasteiger partial charge is 0.275 e. The highest BCUT2D eigenvalue weighted by molar-refractivity contribution is 6.20. The van der Waals surface area contributed by atoms with Crippen LogP contribution in [-0.4, -0.2) is 20.4 Å². The van der Waals surface area contributed by atoms with Crippen molar-refractivity contribution < 1.29 is 4.79 Å². The van der Waals surface area contributed by atoms with Crippen LogP contribution in [0, 0.1) is 0 Å². The van der Waals surface area contributed by atoms with E-state index in [0.717, 1.165) is 21.8 Å². The Hall–Kier alpha value is -4.31. The van der Waals surface area contributed by atoms with E-state index in [0.29, 0.717) is 16.6 Å². The molecule has 0 radical (unpaired) electrons. The summed E-state index contributed by atoms with van der Waals surface area (Å²) in [4.78, 5) is 23.3.